The SMILES string of the molecule is O=C(COc1ccc2c(c1)CCC2)Nc1cccc(-n2cnnn2)c1. The van der Waals surface area contributed by atoms with Gasteiger partial charge in [0.05, 0.1) is 5.69 Å². The number of rotatable bonds is 5. The highest BCUT2D eigenvalue weighted by Crippen LogP contribution is 2.26. The molecule has 0 fully saturated rings. The van der Waals surface area contributed by atoms with Gasteiger partial charge in [-0.05, 0) is 71.1 Å². The van der Waals surface area contributed by atoms with Gasteiger partial charge in [-0.3, -0.25) is 4.79 Å². The van der Waals surface area contributed by atoms with Gasteiger partial charge in [-0.1, -0.05) is 12.1 Å². The second-order valence-electron chi connectivity index (χ2n) is 5.93. The van der Waals surface area contributed by atoms with Crippen LogP contribution in [0.3, 0.4) is 0 Å². The Hall–Kier alpha value is -3.22. The molecule has 0 spiro atoms. The summed E-state index contributed by atoms with van der Waals surface area (Å²) in [6.07, 6.45) is 4.91. The Morgan fingerprint density at radius 1 is 1.16 bits per heavy atom. The molecule has 3 aromatic rings. The first kappa shape index (κ1) is 15.3. The smallest absolute Gasteiger partial charge is 0.262 e. The van der Waals surface area contributed by atoms with E-state index in [1.165, 1.54) is 28.6 Å². The van der Waals surface area contributed by atoms with Gasteiger partial charge in [0.15, 0.2) is 6.61 Å². The number of ether oxygens (including phenoxy) is 1. The molecule has 0 saturated carbocycles. The van der Waals surface area contributed by atoms with Crippen LogP contribution in [0.4, 0.5) is 5.69 Å². The largest absolute Gasteiger partial charge is 0.484 e. The molecule has 2 aromatic carbocycles. The number of hydrogen-bond donors (Lipinski definition) is 1. The third kappa shape index (κ3) is 3.50. The molecule has 0 unspecified atom stereocenters. The summed E-state index contributed by atoms with van der Waals surface area (Å²) >= 11 is 0. The molecule has 1 amide bonds. The lowest BCUT2D eigenvalue weighted by Crippen LogP contribution is -2.20. The van der Waals surface area contributed by atoms with E-state index in [0.29, 0.717) is 5.69 Å². The van der Waals surface area contributed by atoms with Crippen LogP contribution in [0.5, 0.6) is 5.75 Å². The van der Waals surface area contributed by atoms with Crippen molar-refractivity contribution in [3.63, 3.8) is 0 Å². The van der Waals surface area contributed by atoms with Crippen LogP contribution < -0.4 is 10.1 Å². The summed E-state index contributed by atoms with van der Waals surface area (Å²) in [7, 11) is 0. The number of amides is 1. The summed E-state index contributed by atoms with van der Waals surface area (Å²) in [5.41, 5.74) is 4.14. The number of nitrogens with zero attached hydrogens (tertiary/aromatic N) is 4. The van der Waals surface area contributed by atoms with E-state index in [9.17, 15) is 4.79 Å². The molecule has 1 aromatic heterocycles. The Bertz CT molecular complexity index is 892. The molecular formula is C18H17N5O2. The first-order chi connectivity index (χ1) is 12.3. The van der Waals surface area contributed by atoms with Crippen molar-refractivity contribution < 1.29 is 9.53 Å². The minimum Gasteiger partial charge on any atom is -0.484 e. The van der Waals surface area contributed by atoms with Crippen LogP contribution in [-0.2, 0) is 17.6 Å². The van der Waals surface area contributed by atoms with Crippen molar-refractivity contribution in [1.29, 1.82) is 0 Å². The molecule has 0 aliphatic heterocycles. The monoisotopic (exact) mass is 335 g/mol. The first-order valence-electron chi connectivity index (χ1n) is 8.16. The van der Waals surface area contributed by atoms with Gasteiger partial charge in [-0.15, -0.1) is 5.10 Å². The molecule has 7 heteroatoms. The Balaban J connectivity index is 1.37. The van der Waals surface area contributed by atoms with Gasteiger partial charge >= 0.3 is 0 Å². The van der Waals surface area contributed by atoms with E-state index in [-0.39, 0.29) is 12.5 Å². The van der Waals surface area contributed by atoms with Crippen LogP contribution in [0.2, 0.25) is 0 Å². The number of aryl methyl sites for hydroxylation is 2. The second kappa shape index (κ2) is 6.72. The topological polar surface area (TPSA) is 81.9 Å². The zero-order valence-corrected chi connectivity index (χ0v) is 13.6. The maximum Gasteiger partial charge on any atom is 0.262 e. The van der Waals surface area contributed by atoms with Gasteiger partial charge in [-0.2, -0.15) is 0 Å². The Kier molecular flexibility index (Phi) is 4.12. The quantitative estimate of drug-likeness (QED) is 0.773. The van der Waals surface area contributed by atoms with Gasteiger partial charge in [0, 0.05) is 5.69 Å². The van der Waals surface area contributed by atoms with Crippen LogP contribution in [0.25, 0.3) is 5.69 Å². The molecule has 7 nitrogen and oxygen atoms in total. The van der Waals surface area contributed by atoms with E-state index < -0.39 is 0 Å². The Labute approximate surface area is 144 Å². The number of tetrazole rings is 1. The number of hydrogen-bond acceptors (Lipinski definition) is 5. The summed E-state index contributed by atoms with van der Waals surface area (Å²) in [6, 6.07) is 13.3. The van der Waals surface area contributed by atoms with Crippen LogP contribution in [0, 0.1) is 0 Å². The number of anilines is 1. The fraction of sp³-hybridized carbons (Fsp3) is 0.222. The van der Waals surface area contributed by atoms with E-state index in [1.54, 1.807) is 12.1 Å². The summed E-state index contributed by atoms with van der Waals surface area (Å²) in [6.45, 7) is -0.0338. The van der Waals surface area contributed by atoms with E-state index in [4.69, 9.17) is 4.74 Å². The van der Waals surface area contributed by atoms with Crippen LogP contribution in [0.1, 0.15) is 17.5 Å². The molecule has 4 rings (SSSR count). The Morgan fingerprint density at radius 2 is 2.08 bits per heavy atom. The molecule has 0 atom stereocenters. The van der Waals surface area contributed by atoms with Crippen molar-refractivity contribution in [2.24, 2.45) is 0 Å². The minimum absolute atomic E-state index is 0.0338. The van der Waals surface area contributed by atoms with Crippen LogP contribution in [0.15, 0.2) is 48.8 Å². The van der Waals surface area contributed by atoms with Crippen LogP contribution in [-0.4, -0.2) is 32.7 Å². The number of aromatic nitrogens is 4. The van der Waals surface area contributed by atoms with Crippen molar-refractivity contribution in [2.45, 2.75) is 19.3 Å². The van der Waals surface area contributed by atoms with Crippen molar-refractivity contribution in [3.05, 3.63) is 59.9 Å². The highest BCUT2D eigenvalue weighted by molar-refractivity contribution is 5.92. The highest BCUT2D eigenvalue weighted by Gasteiger charge is 2.12. The third-order valence-electron chi connectivity index (χ3n) is 4.18. The molecule has 1 aliphatic rings. The van der Waals surface area contributed by atoms with Crippen molar-refractivity contribution in [2.75, 3.05) is 11.9 Å². The average molecular weight is 335 g/mol. The first-order valence-corrected chi connectivity index (χ1v) is 8.16. The summed E-state index contributed by atoms with van der Waals surface area (Å²) < 4.78 is 7.14. The fourth-order valence-electron chi connectivity index (χ4n) is 2.99. The molecule has 0 saturated heterocycles. The molecule has 1 N–H and O–H groups in total. The minimum atomic E-state index is -0.214. The Morgan fingerprint density at radius 3 is 2.96 bits per heavy atom. The zero-order valence-electron chi connectivity index (χ0n) is 13.6. The van der Waals surface area contributed by atoms with E-state index in [2.05, 4.69) is 26.9 Å². The lowest BCUT2D eigenvalue weighted by molar-refractivity contribution is -0.118. The molecule has 1 aliphatic carbocycles. The zero-order chi connectivity index (χ0) is 17.1. The number of carbonyl (C=O) groups excluding carboxylic acids is 1. The average Bonchev–Trinajstić information content (AvgIpc) is 3.31. The fourth-order valence-corrected chi connectivity index (χ4v) is 2.99. The molecular weight excluding hydrogens is 318 g/mol. The second-order valence-corrected chi connectivity index (χ2v) is 5.93. The lowest BCUT2D eigenvalue weighted by Gasteiger charge is -2.09. The lowest BCUT2D eigenvalue weighted by atomic mass is 10.1. The number of fused-ring (bicyclic) bond motifs is 1. The van der Waals surface area contributed by atoms with E-state index >= 15 is 0 Å². The van der Waals surface area contributed by atoms with Crippen molar-refractivity contribution in [1.82, 2.24) is 20.2 Å². The van der Waals surface area contributed by atoms with Gasteiger partial charge in [-0.25, -0.2) is 4.68 Å². The highest BCUT2D eigenvalue weighted by atomic mass is 16.5. The third-order valence-corrected chi connectivity index (χ3v) is 4.18. The number of carbonyl (C=O) groups is 1. The predicted octanol–water partition coefficient (Wildman–Crippen LogP) is 2.17. The summed E-state index contributed by atoms with van der Waals surface area (Å²) in [5, 5.41) is 13.9. The number of benzene rings is 2. The van der Waals surface area contributed by atoms with E-state index in [1.807, 2.05) is 24.3 Å². The summed E-state index contributed by atoms with van der Waals surface area (Å²) in [5.74, 6) is 0.521. The normalized spacial score (nSPS) is 12.6. The number of nitrogens with one attached hydrogen (secondary N) is 1. The predicted molar refractivity (Wildman–Crippen MR) is 91.7 cm³/mol. The molecule has 126 valence electrons. The summed E-state index contributed by atoms with van der Waals surface area (Å²) in [4.78, 5) is 12.1. The van der Waals surface area contributed by atoms with Crippen molar-refractivity contribution in [3.8, 4) is 11.4 Å². The van der Waals surface area contributed by atoms with E-state index in [0.717, 1.165) is 24.3 Å². The maximum atomic E-state index is 12.1. The maximum absolute atomic E-state index is 12.1. The van der Waals surface area contributed by atoms with Gasteiger partial charge in [0.1, 0.15) is 12.1 Å². The standard InChI is InChI=1S/C18H17N5O2/c24-18(11-25-17-8-7-13-3-1-4-14(13)9-17)20-15-5-2-6-16(10-15)23-12-19-21-22-23/h2,5-10,12H,1,3-4,11H2,(H,20,24). The van der Waals surface area contributed by atoms with Gasteiger partial charge < -0.3 is 10.1 Å². The molecule has 25 heavy (non-hydrogen) atoms. The van der Waals surface area contributed by atoms with Crippen molar-refractivity contribution >= 4 is 11.6 Å². The molecule has 0 radical (unpaired) electrons. The van der Waals surface area contributed by atoms with Gasteiger partial charge in [0.25, 0.3) is 5.91 Å². The van der Waals surface area contributed by atoms with Gasteiger partial charge in [0.2, 0.25) is 0 Å². The molecule has 1 heterocycles. The molecule has 0 bridgehead atoms. The van der Waals surface area contributed by atoms with Crippen LogP contribution >= 0.6 is 0 Å².